The summed E-state index contributed by atoms with van der Waals surface area (Å²) >= 11 is 2.91. The van der Waals surface area contributed by atoms with Crippen LogP contribution < -0.4 is 0 Å². The number of halogens is 5. The predicted octanol–water partition coefficient (Wildman–Crippen LogP) is 3.49. The van der Waals surface area contributed by atoms with Gasteiger partial charge >= 0.3 is 5.97 Å². The van der Waals surface area contributed by atoms with E-state index in [1.165, 1.54) is 22.6 Å². The molecule has 1 heterocycles. The van der Waals surface area contributed by atoms with Crippen molar-refractivity contribution in [3.63, 3.8) is 0 Å². The van der Waals surface area contributed by atoms with Gasteiger partial charge in [-0.3, -0.25) is 0 Å². The minimum absolute atomic E-state index is 0.0133. The first kappa shape index (κ1) is 12.9. The van der Waals surface area contributed by atoms with E-state index in [2.05, 4.69) is 4.98 Å². The van der Waals surface area contributed by atoms with Gasteiger partial charge in [-0.1, -0.05) is 0 Å². The molecule has 0 aliphatic carbocycles. The van der Waals surface area contributed by atoms with Crippen LogP contribution in [-0.4, -0.2) is 16.1 Å². The number of hydrogen-bond acceptors (Lipinski definition) is 1. The van der Waals surface area contributed by atoms with Crippen LogP contribution in [0.4, 0.5) is 13.2 Å². The first-order valence-corrected chi connectivity index (χ1v) is 6.28. The van der Waals surface area contributed by atoms with Crippen LogP contribution in [0.25, 0.3) is 10.9 Å². The van der Waals surface area contributed by atoms with Gasteiger partial charge in [0.25, 0.3) is 0 Å². The van der Waals surface area contributed by atoms with E-state index in [0.717, 1.165) is 0 Å². The van der Waals surface area contributed by atoms with E-state index in [0.29, 0.717) is 0 Å². The molecular formula is C9H2F3I2NO2. The van der Waals surface area contributed by atoms with Gasteiger partial charge in [-0.2, -0.15) is 0 Å². The maximum atomic E-state index is 13.7. The highest BCUT2D eigenvalue weighted by molar-refractivity contribution is 14.1. The maximum Gasteiger partial charge on any atom is 0.353 e. The number of carbonyl (C=O) groups is 1. The van der Waals surface area contributed by atoms with Gasteiger partial charge in [0.05, 0.1) is 18.0 Å². The number of aromatic nitrogens is 1. The van der Waals surface area contributed by atoms with Crippen molar-refractivity contribution in [1.82, 2.24) is 4.98 Å². The van der Waals surface area contributed by atoms with Crippen molar-refractivity contribution in [2.45, 2.75) is 0 Å². The summed E-state index contributed by atoms with van der Waals surface area (Å²) in [4.78, 5) is 13.0. The lowest BCUT2D eigenvalue weighted by molar-refractivity contribution is 0.0690. The number of carboxylic acid groups (broad SMARTS) is 1. The Balaban J connectivity index is 3.02. The molecule has 0 unspecified atom stereocenters. The summed E-state index contributed by atoms with van der Waals surface area (Å²) in [6, 6.07) is 0. The van der Waals surface area contributed by atoms with Gasteiger partial charge < -0.3 is 10.1 Å². The van der Waals surface area contributed by atoms with E-state index in [1.54, 1.807) is 22.6 Å². The van der Waals surface area contributed by atoms with Gasteiger partial charge in [0.2, 0.25) is 0 Å². The van der Waals surface area contributed by atoms with Crippen LogP contribution in [0, 0.1) is 24.6 Å². The highest BCUT2D eigenvalue weighted by Gasteiger charge is 2.25. The summed E-state index contributed by atoms with van der Waals surface area (Å²) in [5, 5.41) is 8.57. The second-order valence-corrected chi connectivity index (χ2v) is 5.28. The molecule has 0 aliphatic heterocycles. The smallest absolute Gasteiger partial charge is 0.353 e. The minimum atomic E-state index is -1.36. The standard InChI is InChI=1S/C9H2F3I2NO2/c10-2-1-5(13)8(9(16)17)15-7(1)4(12)3(11)6(2)14/h15H,(H,16,17). The summed E-state index contributed by atoms with van der Waals surface area (Å²) < 4.78 is 40.1. The Labute approximate surface area is 120 Å². The zero-order valence-electron chi connectivity index (χ0n) is 7.75. The summed E-state index contributed by atoms with van der Waals surface area (Å²) in [5.41, 5.74) is -0.831. The van der Waals surface area contributed by atoms with E-state index in [-0.39, 0.29) is 14.7 Å². The number of benzene rings is 1. The van der Waals surface area contributed by atoms with Gasteiger partial charge in [-0.05, 0) is 45.2 Å². The number of nitrogens with one attached hydrogen (secondary N) is 1. The fourth-order valence-electron chi connectivity index (χ4n) is 1.41. The Kier molecular flexibility index (Phi) is 3.27. The molecule has 1 aromatic heterocycles. The van der Waals surface area contributed by atoms with Crippen molar-refractivity contribution in [1.29, 1.82) is 0 Å². The van der Waals surface area contributed by atoms with Crippen molar-refractivity contribution < 1.29 is 23.1 Å². The third-order valence-corrected chi connectivity index (χ3v) is 4.20. The molecule has 0 spiro atoms. The lowest BCUT2D eigenvalue weighted by atomic mass is 10.2. The summed E-state index contributed by atoms with van der Waals surface area (Å²) in [5.74, 6) is -4.94. The average molecular weight is 467 g/mol. The highest BCUT2D eigenvalue weighted by Crippen LogP contribution is 2.33. The Morgan fingerprint density at radius 3 is 2.18 bits per heavy atom. The van der Waals surface area contributed by atoms with Crippen LogP contribution in [0.2, 0.25) is 0 Å². The molecule has 1 aromatic carbocycles. The van der Waals surface area contributed by atoms with Crippen molar-refractivity contribution in [3.8, 4) is 0 Å². The molecule has 0 saturated carbocycles. The van der Waals surface area contributed by atoms with E-state index in [9.17, 15) is 18.0 Å². The molecule has 2 aromatic rings. The molecule has 0 radical (unpaired) electrons. The molecule has 0 atom stereocenters. The third-order valence-electron chi connectivity index (χ3n) is 2.17. The fourth-order valence-corrected chi connectivity index (χ4v) is 2.79. The van der Waals surface area contributed by atoms with Crippen LogP contribution >= 0.6 is 45.2 Å². The zero-order valence-corrected chi connectivity index (χ0v) is 12.1. The summed E-state index contributed by atoms with van der Waals surface area (Å²) in [6.45, 7) is 0. The molecule has 90 valence electrons. The van der Waals surface area contributed by atoms with Crippen molar-refractivity contribution >= 4 is 62.1 Å². The van der Waals surface area contributed by atoms with E-state index >= 15 is 0 Å². The third kappa shape index (κ3) is 1.80. The topological polar surface area (TPSA) is 53.1 Å². The van der Waals surface area contributed by atoms with E-state index < -0.39 is 32.5 Å². The number of aromatic amines is 1. The lowest BCUT2D eigenvalue weighted by Crippen LogP contribution is -1.98. The predicted molar refractivity (Wildman–Crippen MR) is 70.6 cm³/mol. The largest absolute Gasteiger partial charge is 0.477 e. The Morgan fingerprint density at radius 2 is 1.65 bits per heavy atom. The van der Waals surface area contributed by atoms with Gasteiger partial charge in [0.1, 0.15) is 11.5 Å². The average Bonchev–Trinajstić information content (AvgIpc) is 2.62. The summed E-state index contributed by atoms with van der Waals surface area (Å²) in [7, 11) is 0. The quantitative estimate of drug-likeness (QED) is 0.384. The first-order chi connectivity index (χ1) is 7.86. The number of carboxylic acids is 1. The normalized spacial score (nSPS) is 11.1. The number of rotatable bonds is 1. The highest BCUT2D eigenvalue weighted by atomic mass is 127. The second-order valence-electron chi connectivity index (χ2n) is 3.13. The molecule has 17 heavy (non-hydrogen) atoms. The Bertz CT molecular complexity index is 654. The Morgan fingerprint density at radius 1 is 1.06 bits per heavy atom. The van der Waals surface area contributed by atoms with E-state index in [4.69, 9.17) is 5.11 Å². The fraction of sp³-hybridized carbons (Fsp3) is 0. The molecular weight excluding hydrogens is 465 g/mol. The maximum absolute atomic E-state index is 13.7. The van der Waals surface area contributed by atoms with Crippen molar-refractivity contribution in [2.75, 3.05) is 0 Å². The van der Waals surface area contributed by atoms with Crippen molar-refractivity contribution in [2.24, 2.45) is 0 Å². The van der Waals surface area contributed by atoms with Crippen LogP contribution in [0.5, 0.6) is 0 Å². The molecule has 0 aliphatic rings. The number of hydrogen-bond donors (Lipinski definition) is 2. The van der Waals surface area contributed by atoms with Crippen LogP contribution in [0.1, 0.15) is 10.5 Å². The molecule has 0 fully saturated rings. The minimum Gasteiger partial charge on any atom is -0.477 e. The Hall–Kier alpha value is -0.520. The van der Waals surface area contributed by atoms with Gasteiger partial charge in [0.15, 0.2) is 11.6 Å². The molecule has 2 rings (SSSR count). The molecule has 0 amide bonds. The molecule has 0 saturated heterocycles. The lowest BCUT2D eigenvalue weighted by Gasteiger charge is -2.01. The molecule has 2 N–H and O–H groups in total. The van der Waals surface area contributed by atoms with Crippen LogP contribution in [0.15, 0.2) is 0 Å². The molecule has 8 heteroatoms. The van der Waals surface area contributed by atoms with Crippen LogP contribution in [0.3, 0.4) is 0 Å². The molecule has 3 nitrogen and oxygen atoms in total. The van der Waals surface area contributed by atoms with Crippen molar-refractivity contribution in [3.05, 3.63) is 30.3 Å². The molecule has 0 bridgehead atoms. The number of H-pyrrole nitrogens is 1. The first-order valence-electron chi connectivity index (χ1n) is 4.12. The monoisotopic (exact) mass is 467 g/mol. The van der Waals surface area contributed by atoms with Gasteiger partial charge in [-0.25, -0.2) is 18.0 Å². The zero-order chi connectivity index (χ0) is 12.9. The van der Waals surface area contributed by atoms with Gasteiger partial charge in [0, 0.05) is 0 Å². The number of fused-ring (bicyclic) bond motifs is 1. The van der Waals surface area contributed by atoms with Crippen LogP contribution in [-0.2, 0) is 0 Å². The summed E-state index contributed by atoms with van der Waals surface area (Å²) in [6.07, 6.45) is 0. The second kappa shape index (κ2) is 4.30. The van der Waals surface area contributed by atoms with Gasteiger partial charge in [-0.15, -0.1) is 0 Å². The van der Waals surface area contributed by atoms with E-state index in [1.807, 2.05) is 0 Å². The SMILES string of the molecule is O=C(O)c1[nH]c2c(F)c(F)c(I)c(F)c2c1I. The number of aromatic carboxylic acids is 1.